The second-order valence-electron chi connectivity index (χ2n) is 5.70. The summed E-state index contributed by atoms with van der Waals surface area (Å²) < 4.78 is 10.1. The Bertz CT molecular complexity index is 807. The highest BCUT2D eigenvalue weighted by molar-refractivity contribution is 5.94. The molecule has 7 heteroatoms. The van der Waals surface area contributed by atoms with Crippen LogP contribution < -0.4 is 14.8 Å². The zero-order valence-electron chi connectivity index (χ0n) is 15.0. The van der Waals surface area contributed by atoms with Crippen LogP contribution in [0.1, 0.15) is 11.1 Å². The van der Waals surface area contributed by atoms with Gasteiger partial charge in [-0.1, -0.05) is 30.3 Å². The van der Waals surface area contributed by atoms with Crippen LogP contribution in [0.25, 0.3) is 6.08 Å². The fraction of sp³-hybridized carbons (Fsp3) is 0.200. The minimum atomic E-state index is -1.12. The van der Waals surface area contributed by atoms with Crippen LogP contribution in [0.3, 0.4) is 0 Å². The zero-order valence-corrected chi connectivity index (χ0v) is 15.0. The Kier molecular flexibility index (Phi) is 6.82. The number of hydrogen-bond donors (Lipinski definition) is 3. The Labute approximate surface area is 156 Å². The number of aliphatic carboxylic acids is 1. The van der Waals surface area contributed by atoms with E-state index in [1.54, 1.807) is 12.1 Å². The largest absolute Gasteiger partial charge is 0.502 e. The summed E-state index contributed by atoms with van der Waals surface area (Å²) in [6.07, 6.45) is 2.87. The van der Waals surface area contributed by atoms with Crippen molar-refractivity contribution in [2.24, 2.45) is 0 Å². The van der Waals surface area contributed by atoms with Crippen molar-refractivity contribution in [2.75, 3.05) is 14.2 Å². The van der Waals surface area contributed by atoms with Gasteiger partial charge >= 0.3 is 5.97 Å². The molecule has 0 unspecified atom stereocenters. The Morgan fingerprint density at radius 3 is 2.22 bits per heavy atom. The lowest BCUT2D eigenvalue weighted by Crippen LogP contribution is -2.41. The molecule has 0 aromatic heterocycles. The molecule has 0 bridgehead atoms. The fourth-order valence-corrected chi connectivity index (χ4v) is 2.45. The monoisotopic (exact) mass is 371 g/mol. The predicted molar refractivity (Wildman–Crippen MR) is 100.0 cm³/mol. The summed E-state index contributed by atoms with van der Waals surface area (Å²) in [5.41, 5.74) is 1.36. The summed E-state index contributed by atoms with van der Waals surface area (Å²) >= 11 is 0. The van der Waals surface area contributed by atoms with E-state index in [-0.39, 0.29) is 23.7 Å². The van der Waals surface area contributed by atoms with Gasteiger partial charge in [0, 0.05) is 12.5 Å². The third-order valence-corrected chi connectivity index (χ3v) is 3.83. The second-order valence-corrected chi connectivity index (χ2v) is 5.70. The molecule has 0 aliphatic rings. The predicted octanol–water partition coefficient (Wildman–Crippen LogP) is 2.23. The lowest BCUT2D eigenvalue weighted by Gasteiger charge is -2.13. The van der Waals surface area contributed by atoms with Crippen molar-refractivity contribution < 1.29 is 29.3 Å². The number of methoxy groups -OCH3 is 2. The Hall–Kier alpha value is -3.48. The highest BCUT2D eigenvalue weighted by Crippen LogP contribution is 2.37. The summed E-state index contributed by atoms with van der Waals surface area (Å²) in [5, 5.41) is 21.7. The minimum absolute atomic E-state index is 0.143. The molecule has 2 rings (SSSR count). The molecule has 1 atom stereocenters. The van der Waals surface area contributed by atoms with Crippen molar-refractivity contribution in [2.45, 2.75) is 12.5 Å². The first-order valence-electron chi connectivity index (χ1n) is 8.15. The summed E-state index contributed by atoms with van der Waals surface area (Å²) in [7, 11) is 2.80. The molecule has 27 heavy (non-hydrogen) atoms. The van der Waals surface area contributed by atoms with Gasteiger partial charge < -0.3 is 25.0 Å². The number of phenolic OH excluding ortho intramolecular Hbond substituents is 1. The van der Waals surface area contributed by atoms with Gasteiger partial charge in [0.05, 0.1) is 14.2 Å². The SMILES string of the molecule is COc1cc(/C=C/C(=O)N[C@@H](Cc2ccccc2)C(=O)O)cc(OC)c1O. The highest BCUT2D eigenvalue weighted by atomic mass is 16.5. The lowest BCUT2D eigenvalue weighted by atomic mass is 10.1. The van der Waals surface area contributed by atoms with E-state index < -0.39 is 17.9 Å². The molecule has 2 aromatic rings. The molecule has 0 spiro atoms. The van der Waals surface area contributed by atoms with Gasteiger partial charge in [0.15, 0.2) is 11.5 Å². The van der Waals surface area contributed by atoms with E-state index in [0.29, 0.717) is 5.56 Å². The Morgan fingerprint density at radius 1 is 1.11 bits per heavy atom. The highest BCUT2D eigenvalue weighted by Gasteiger charge is 2.19. The zero-order chi connectivity index (χ0) is 19.8. The molecule has 0 aliphatic heterocycles. The van der Waals surface area contributed by atoms with E-state index in [1.807, 2.05) is 18.2 Å². The van der Waals surface area contributed by atoms with Crippen molar-refractivity contribution in [3.8, 4) is 17.2 Å². The van der Waals surface area contributed by atoms with Crippen LogP contribution in [-0.4, -0.2) is 42.4 Å². The van der Waals surface area contributed by atoms with E-state index in [1.165, 1.54) is 38.5 Å². The molecule has 0 radical (unpaired) electrons. The maximum Gasteiger partial charge on any atom is 0.326 e. The standard InChI is InChI=1S/C20H21NO6/c1-26-16-11-14(12-17(27-2)19(16)23)8-9-18(22)21-15(20(24)25)10-13-6-4-3-5-7-13/h3-9,11-12,15,23H,10H2,1-2H3,(H,21,22)(H,24,25)/b9-8+/t15-/m0/s1. The first-order chi connectivity index (χ1) is 12.9. The summed E-state index contributed by atoms with van der Waals surface area (Å²) in [4.78, 5) is 23.5. The minimum Gasteiger partial charge on any atom is -0.502 e. The number of aromatic hydroxyl groups is 1. The third kappa shape index (κ3) is 5.50. The van der Waals surface area contributed by atoms with Gasteiger partial charge in [-0.05, 0) is 29.3 Å². The summed E-state index contributed by atoms with van der Waals surface area (Å²) in [6.45, 7) is 0. The number of hydrogen-bond acceptors (Lipinski definition) is 5. The summed E-state index contributed by atoms with van der Waals surface area (Å²) in [5.74, 6) is -1.42. The number of rotatable bonds is 8. The lowest BCUT2D eigenvalue weighted by molar-refractivity contribution is -0.141. The molecule has 142 valence electrons. The van der Waals surface area contributed by atoms with Gasteiger partial charge in [-0.3, -0.25) is 4.79 Å². The van der Waals surface area contributed by atoms with Gasteiger partial charge in [-0.15, -0.1) is 0 Å². The number of carboxylic acid groups (broad SMARTS) is 1. The van der Waals surface area contributed by atoms with Gasteiger partial charge in [0.25, 0.3) is 0 Å². The first-order valence-corrected chi connectivity index (χ1v) is 8.15. The molecule has 0 heterocycles. The second kappa shape index (κ2) is 9.28. The number of phenols is 1. The number of carbonyl (C=O) groups is 2. The number of ether oxygens (including phenoxy) is 2. The molecule has 0 aliphatic carbocycles. The molecule has 0 fully saturated rings. The number of benzene rings is 2. The maximum absolute atomic E-state index is 12.1. The average molecular weight is 371 g/mol. The quantitative estimate of drug-likeness (QED) is 0.615. The van der Waals surface area contributed by atoms with Crippen molar-refractivity contribution in [3.05, 3.63) is 59.7 Å². The van der Waals surface area contributed by atoms with Gasteiger partial charge in [0.2, 0.25) is 11.7 Å². The number of carboxylic acids is 1. The van der Waals surface area contributed by atoms with Crippen LogP contribution in [0.4, 0.5) is 0 Å². The van der Waals surface area contributed by atoms with Crippen LogP contribution in [0.2, 0.25) is 0 Å². The molecule has 1 amide bonds. The van der Waals surface area contributed by atoms with Crippen LogP contribution in [0.15, 0.2) is 48.5 Å². The van der Waals surface area contributed by atoms with E-state index in [2.05, 4.69) is 5.32 Å². The maximum atomic E-state index is 12.1. The smallest absolute Gasteiger partial charge is 0.326 e. The first kappa shape index (κ1) is 19.8. The van der Waals surface area contributed by atoms with Gasteiger partial charge in [0.1, 0.15) is 6.04 Å². The van der Waals surface area contributed by atoms with Crippen molar-refractivity contribution in [1.29, 1.82) is 0 Å². The normalized spacial score (nSPS) is 11.8. The van der Waals surface area contributed by atoms with Crippen molar-refractivity contribution in [1.82, 2.24) is 5.32 Å². The number of carbonyl (C=O) groups excluding carboxylic acids is 1. The van der Waals surface area contributed by atoms with E-state index in [9.17, 15) is 19.8 Å². The molecule has 3 N–H and O–H groups in total. The van der Waals surface area contributed by atoms with E-state index >= 15 is 0 Å². The Morgan fingerprint density at radius 2 is 1.70 bits per heavy atom. The molecule has 0 saturated heterocycles. The molecular weight excluding hydrogens is 350 g/mol. The van der Waals surface area contributed by atoms with Crippen molar-refractivity contribution >= 4 is 18.0 Å². The topological polar surface area (TPSA) is 105 Å². The van der Waals surface area contributed by atoms with E-state index in [0.717, 1.165) is 5.56 Å². The molecular formula is C20H21NO6. The number of nitrogens with one attached hydrogen (secondary N) is 1. The van der Waals surface area contributed by atoms with Crippen molar-refractivity contribution in [3.63, 3.8) is 0 Å². The average Bonchev–Trinajstić information content (AvgIpc) is 2.67. The van der Waals surface area contributed by atoms with Crippen LogP contribution in [0.5, 0.6) is 17.2 Å². The van der Waals surface area contributed by atoms with Crippen LogP contribution >= 0.6 is 0 Å². The van der Waals surface area contributed by atoms with Gasteiger partial charge in [-0.2, -0.15) is 0 Å². The number of amides is 1. The molecule has 0 saturated carbocycles. The molecule has 2 aromatic carbocycles. The van der Waals surface area contributed by atoms with Gasteiger partial charge in [-0.25, -0.2) is 4.79 Å². The summed E-state index contributed by atoms with van der Waals surface area (Å²) in [6, 6.07) is 11.1. The molecule has 7 nitrogen and oxygen atoms in total. The Balaban J connectivity index is 2.10. The van der Waals surface area contributed by atoms with Crippen LogP contribution in [0, 0.1) is 0 Å². The fourth-order valence-electron chi connectivity index (χ4n) is 2.45. The van der Waals surface area contributed by atoms with E-state index in [4.69, 9.17) is 9.47 Å². The third-order valence-electron chi connectivity index (χ3n) is 3.83. The van der Waals surface area contributed by atoms with Crippen LogP contribution in [-0.2, 0) is 16.0 Å².